The second-order valence-corrected chi connectivity index (χ2v) is 6.69. The number of carbonyl (C=O) groups excluding carboxylic acids is 3. The minimum Gasteiger partial charge on any atom is -0.344 e. The fraction of sp³-hybridized carbons (Fsp3) is 0.471. The van der Waals surface area contributed by atoms with Crippen molar-refractivity contribution in [2.75, 3.05) is 0 Å². The van der Waals surface area contributed by atoms with Crippen molar-refractivity contribution in [1.29, 1.82) is 0 Å². The number of nitrogens with zero attached hydrogens (tertiary/aromatic N) is 1. The molecule has 3 aliphatic rings. The first-order chi connectivity index (χ1) is 10.9. The molecule has 23 heavy (non-hydrogen) atoms. The lowest BCUT2D eigenvalue weighted by atomic mass is 10.1. The summed E-state index contributed by atoms with van der Waals surface area (Å²) in [6.07, 6.45) is 0.320. The van der Waals surface area contributed by atoms with E-state index in [9.17, 15) is 14.4 Å². The predicted molar refractivity (Wildman–Crippen MR) is 78.7 cm³/mol. The van der Waals surface area contributed by atoms with Gasteiger partial charge in [0.1, 0.15) is 12.4 Å². The Hall–Kier alpha value is -2.05. The second kappa shape index (κ2) is 4.72. The first kappa shape index (κ1) is 14.5. The third-order valence-electron chi connectivity index (χ3n) is 4.81. The SMILES string of the molecule is CC1(C)O[C@@H]2[C@H](O1)[C@H](C=O)C[C@H]2N1C(=O)c2ccccc2C1=O. The number of amides is 2. The molecule has 0 spiro atoms. The molecule has 2 heterocycles. The van der Waals surface area contributed by atoms with Crippen molar-refractivity contribution in [1.82, 2.24) is 4.90 Å². The molecular weight excluding hydrogens is 298 g/mol. The van der Waals surface area contributed by atoms with Gasteiger partial charge in [-0.3, -0.25) is 14.5 Å². The minimum absolute atomic E-state index is 0.325. The average Bonchev–Trinajstić information content (AvgIpc) is 3.08. The standard InChI is InChI=1S/C17H17NO5/c1-17(2)22-13-9(8-19)7-12(14(13)23-17)18-15(20)10-5-3-4-6-11(10)16(18)21/h3-6,8-9,12-14H,7H2,1-2H3/t9-,12+,13+,14-/m0/s1. The van der Waals surface area contributed by atoms with Crippen LogP contribution in [-0.2, 0) is 14.3 Å². The molecule has 1 aliphatic carbocycles. The Labute approximate surface area is 133 Å². The van der Waals surface area contributed by atoms with Gasteiger partial charge in [0.05, 0.1) is 23.3 Å². The number of hydrogen-bond acceptors (Lipinski definition) is 5. The van der Waals surface area contributed by atoms with Crippen LogP contribution < -0.4 is 0 Å². The van der Waals surface area contributed by atoms with Crippen LogP contribution in [0.1, 0.15) is 41.0 Å². The highest BCUT2D eigenvalue weighted by molar-refractivity contribution is 6.21. The topological polar surface area (TPSA) is 72.9 Å². The molecule has 6 heteroatoms. The summed E-state index contributed by atoms with van der Waals surface area (Å²) in [4.78, 5) is 37.9. The van der Waals surface area contributed by atoms with Gasteiger partial charge in [0.25, 0.3) is 11.8 Å². The fourth-order valence-corrected chi connectivity index (χ4v) is 3.89. The van der Waals surface area contributed by atoms with E-state index in [1.165, 1.54) is 4.90 Å². The number of fused-ring (bicyclic) bond motifs is 2. The Kier molecular flexibility index (Phi) is 2.98. The van der Waals surface area contributed by atoms with Gasteiger partial charge in [0.2, 0.25) is 0 Å². The molecule has 1 saturated heterocycles. The average molecular weight is 315 g/mol. The van der Waals surface area contributed by atoms with Crippen LogP contribution in [0.15, 0.2) is 24.3 Å². The van der Waals surface area contributed by atoms with Gasteiger partial charge in [-0.25, -0.2) is 0 Å². The van der Waals surface area contributed by atoms with Gasteiger partial charge in [-0.05, 0) is 32.4 Å². The molecular formula is C17H17NO5. The van der Waals surface area contributed by atoms with Crippen LogP contribution in [0, 0.1) is 5.92 Å². The summed E-state index contributed by atoms with van der Waals surface area (Å²) in [7, 11) is 0. The summed E-state index contributed by atoms with van der Waals surface area (Å²) < 4.78 is 11.7. The van der Waals surface area contributed by atoms with E-state index in [2.05, 4.69) is 0 Å². The van der Waals surface area contributed by atoms with Crippen molar-refractivity contribution in [3.63, 3.8) is 0 Å². The van der Waals surface area contributed by atoms with E-state index in [0.29, 0.717) is 17.5 Å². The molecule has 0 radical (unpaired) electrons. The predicted octanol–water partition coefficient (Wildman–Crippen LogP) is 1.39. The van der Waals surface area contributed by atoms with Crippen LogP contribution in [0.2, 0.25) is 0 Å². The Bertz CT molecular complexity index is 678. The minimum atomic E-state index is -0.825. The maximum atomic E-state index is 12.7. The molecule has 0 aromatic heterocycles. The van der Waals surface area contributed by atoms with Crippen molar-refractivity contribution in [3.05, 3.63) is 35.4 Å². The van der Waals surface area contributed by atoms with E-state index in [4.69, 9.17) is 9.47 Å². The Balaban J connectivity index is 1.70. The van der Waals surface area contributed by atoms with Crippen molar-refractivity contribution in [3.8, 4) is 0 Å². The van der Waals surface area contributed by atoms with Gasteiger partial charge in [-0.15, -0.1) is 0 Å². The fourth-order valence-electron chi connectivity index (χ4n) is 3.89. The number of imide groups is 1. The van der Waals surface area contributed by atoms with Crippen LogP contribution >= 0.6 is 0 Å². The first-order valence-electron chi connectivity index (χ1n) is 7.71. The van der Waals surface area contributed by atoms with Gasteiger partial charge in [0, 0.05) is 5.92 Å². The molecule has 1 aromatic carbocycles. The lowest BCUT2D eigenvalue weighted by Crippen LogP contribution is -2.46. The molecule has 0 unspecified atom stereocenters. The van der Waals surface area contributed by atoms with Gasteiger partial charge < -0.3 is 14.3 Å². The Morgan fingerprint density at radius 2 is 1.65 bits per heavy atom. The highest BCUT2D eigenvalue weighted by Crippen LogP contribution is 2.44. The molecule has 120 valence electrons. The molecule has 6 nitrogen and oxygen atoms in total. The van der Waals surface area contributed by atoms with Crippen LogP contribution in [0.5, 0.6) is 0 Å². The van der Waals surface area contributed by atoms with Crippen molar-refractivity contribution in [2.45, 2.75) is 44.3 Å². The number of hydrogen-bond donors (Lipinski definition) is 0. The molecule has 1 aromatic rings. The Morgan fingerprint density at radius 1 is 1.09 bits per heavy atom. The van der Waals surface area contributed by atoms with E-state index in [1.54, 1.807) is 38.1 Å². The summed E-state index contributed by atoms with van der Waals surface area (Å²) in [6.45, 7) is 3.54. The van der Waals surface area contributed by atoms with Crippen LogP contribution in [0.25, 0.3) is 0 Å². The second-order valence-electron chi connectivity index (χ2n) is 6.69. The van der Waals surface area contributed by atoms with E-state index in [1.807, 2.05) is 0 Å². The zero-order valence-electron chi connectivity index (χ0n) is 12.9. The molecule has 4 atom stereocenters. The van der Waals surface area contributed by atoms with Crippen LogP contribution in [0.3, 0.4) is 0 Å². The maximum absolute atomic E-state index is 12.7. The molecule has 1 saturated carbocycles. The van der Waals surface area contributed by atoms with Crippen molar-refractivity contribution < 1.29 is 23.9 Å². The quantitative estimate of drug-likeness (QED) is 0.609. The van der Waals surface area contributed by atoms with Crippen LogP contribution in [0.4, 0.5) is 0 Å². The Morgan fingerprint density at radius 3 is 2.22 bits per heavy atom. The lowest BCUT2D eigenvalue weighted by molar-refractivity contribution is -0.161. The highest BCUT2D eigenvalue weighted by atomic mass is 16.8. The number of rotatable bonds is 2. The third kappa shape index (κ3) is 1.98. The summed E-state index contributed by atoms with van der Waals surface area (Å²) in [5.41, 5.74) is 0.809. The normalized spacial score (nSPS) is 34.6. The number of ether oxygens (including phenoxy) is 2. The largest absolute Gasteiger partial charge is 0.344 e. The zero-order chi connectivity index (χ0) is 16.4. The zero-order valence-corrected chi connectivity index (χ0v) is 12.9. The molecule has 2 aliphatic heterocycles. The molecule has 2 fully saturated rings. The summed E-state index contributed by atoms with van der Waals surface area (Å²) in [5.74, 6) is -1.85. The van der Waals surface area contributed by atoms with E-state index >= 15 is 0 Å². The van der Waals surface area contributed by atoms with Gasteiger partial charge in [-0.2, -0.15) is 0 Å². The summed E-state index contributed by atoms with van der Waals surface area (Å²) >= 11 is 0. The molecule has 2 amide bonds. The van der Waals surface area contributed by atoms with Crippen molar-refractivity contribution in [2.24, 2.45) is 5.92 Å². The van der Waals surface area contributed by atoms with E-state index in [0.717, 1.165) is 6.29 Å². The lowest BCUT2D eigenvalue weighted by Gasteiger charge is -2.28. The summed E-state index contributed by atoms with van der Waals surface area (Å²) in [6, 6.07) is 6.28. The molecule has 0 N–H and O–H groups in total. The summed E-state index contributed by atoms with van der Waals surface area (Å²) in [5, 5.41) is 0. The third-order valence-corrected chi connectivity index (χ3v) is 4.81. The smallest absolute Gasteiger partial charge is 0.261 e. The van der Waals surface area contributed by atoms with E-state index < -0.39 is 24.0 Å². The van der Waals surface area contributed by atoms with Crippen LogP contribution in [-0.4, -0.2) is 47.0 Å². The molecule has 4 rings (SSSR count). The van der Waals surface area contributed by atoms with Gasteiger partial charge in [0.15, 0.2) is 5.79 Å². The van der Waals surface area contributed by atoms with Gasteiger partial charge in [-0.1, -0.05) is 12.1 Å². The number of aldehydes is 1. The number of carbonyl (C=O) groups is 3. The highest BCUT2D eigenvalue weighted by Gasteiger charge is 2.58. The number of benzene rings is 1. The van der Waals surface area contributed by atoms with E-state index in [-0.39, 0.29) is 17.7 Å². The maximum Gasteiger partial charge on any atom is 0.261 e. The van der Waals surface area contributed by atoms with Crippen molar-refractivity contribution >= 4 is 18.1 Å². The first-order valence-corrected chi connectivity index (χ1v) is 7.71. The molecule has 0 bridgehead atoms. The van der Waals surface area contributed by atoms with Gasteiger partial charge >= 0.3 is 0 Å². The monoisotopic (exact) mass is 315 g/mol.